The van der Waals surface area contributed by atoms with Gasteiger partial charge < -0.3 is 19.7 Å². The van der Waals surface area contributed by atoms with Crippen molar-refractivity contribution in [2.24, 2.45) is 0 Å². The van der Waals surface area contributed by atoms with E-state index in [1.807, 2.05) is 18.2 Å². The van der Waals surface area contributed by atoms with Crippen molar-refractivity contribution < 1.29 is 23.6 Å². The number of carbonyl (C=O) groups excluding carboxylic acids is 1. The Labute approximate surface area is 152 Å². The number of hydrogen-bond acceptors (Lipinski definition) is 3. The van der Waals surface area contributed by atoms with E-state index in [9.17, 15) is 9.18 Å². The fraction of sp³-hybridized carbons (Fsp3) is 0.350. The lowest BCUT2D eigenvalue weighted by atomic mass is 10.0. The summed E-state index contributed by atoms with van der Waals surface area (Å²) >= 11 is 0. The molecule has 1 heterocycles. The van der Waals surface area contributed by atoms with Crippen molar-refractivity contribution >= 4 is 11.6 Å². The summed E-state index contributed by atoms with van der Waals surface area (Å²) in [5, 5.41) is 2.78. The number of likely N-dealkylation sites (tertiary alicyclic amines) is 1. The van der Waals surface area contributed by atoms with Gasteiger partial charge in [-0.15, -0.1) is 0 Å². The average Bonchev–Trinajstić information content (AvgIpc) is 3.08. The van der Waals surface area contributed by atoms with E-state index < -0.39 is 0 Å². The van der Waals surface area contributed by atoms with Crippen LogP contribution in [0.15, 0.2) is 42.5 Å². The number of anilines is 1. The van der Waals surface area contributed by atoms with Crippen molar-refractivity contribution in [2.45, 2.75) is 18.9 Å². The summed E-state index contributed by atoms with van der Waals surface area (Å²) in [5.41, 5.74) is 1.53. The highest BCUT2D eigenvalue weighted by atomic mass is 19.1. The summed E-state index contributed by atoms with van der Waals surface area (Å²) in [4.78, 5) is 13.6. The fourth-order valence-electron chi connectivity index (χ4n) is 3.59. The SMILES string of the molecule is COc1ccc(OC)c([C@@H]2CCC[NH+]2CC(=O)Nc2cccc(F)c2)c1. The van der Waals surface area contributed by atoms with Gasteiger partial charge >= 0.3 is 0 Å². The largest absolute Gasteiger partial charge is 0.497 e. The van der Waals surface area contributed by atoms with E-state index in [4.69, 9.17) is 9.47 Å². The molecule has 0 spiro atoms. The zero-order chi connectivity index (χ0) is 18.5. The first-order chi connectivity index (χ1) is 12.6. The van der Waals surface area contributed by atoms with E-state index in [1.54, 1.807) is 26.4 Å². The monoisotopic (exact) mass is 359 g/mol. The van der Waals surface area contributed by atoms with Crippen LogP contribution in [-0.2, 0) is 4.79 Å². The Balaban J connectivity index is 1.73. The molecule has 1 amide bonds. The first-order valence-electron chi connectivity index (χ1n) is 8.72. The number of ether oxygens (including phenoxy) is 2. The summed E-state index contributed by atoms with van der Waals surface area (Å²) in [6.07, 6.45) is 2.01. The molecule has 2 N–H and O–H groups in total. The van der Waals surface area contributed by atoms with Crippen LogP contribution in [0.1, 0.15) is 24.4 Å². The zero-order valence-corrected chi connectivity index (χ0v) is 15.0. The molecule has 138 valence electrons. The molecule has 0 bridgehead atoms. The van der Waals surface area contributed by atoms with Gasteiger partial charge in [-0.05, 0) is 36.4 Å². The van der Waals surface area contributed by atoms with Gasteiger partial charge in [0.1, 0.15) is 23.4 Å². The molecule has 1 saturated heterocycles. The van der Waals surface area contributed by atoms with Crippen molar-refractivity contribution in [3.63, 3.8) is 0 Å². The molecule has 2 aromatic carbocycles. The molecule has 0 radical (unpaired) electrons. The van der Waals surface area contributed by atoms with Crippen molar-refractivity contribution in [3.05, 3.63) is 53.8 Å². The van der Waals surface area contributed by atoms with Gasteiger partial charge in [-0.3, -0.25) is 4.79 Å². The van der Waals surface area contributed by atoms with E-state index in [-0.39, 0.29) is 17.8 Å². The quantitative estimate of drug-likeness (QED) is 0.831. The lowest BCUT2D eigenvalue weighted by Gasteiger charge is -2.23. The number of nitrogens with one attached hydrogen (secondary N) is 2. The maximum Gasteiger partial charge on any atom is 0.279 e. The highest BCUT2D eigenvalue weighted by Gasteiger charge is 2.34. The summed E-state index contributed by atoms with van der Waals surface area (Å²) in [5.74, 6) is 1.09. The molecular formula is C20H24FN2O3+. The van der Waals surface area contributed by atoms with Crippen molar-refractivity contribution in [3.8, 4) is 11.5 Å². The van der Waals surface area contributed by atoms with Crippen molar-refractivity contribution in [2.75, 3.05) is 32.6 Å². The minimum atomic E-state index is -0.365. The van der Waals surface area contributed by atoms with Crippen LogP contribution in [0.4, 0.5) is 10.1 Å². The Morgan fingerprint density at radius 1 is 1.23 bits per heavy atom. The maximum absolute atomic E-state index is 13.3. The number of rotatable bonds is 6. The third kappa shape index (κ3) is 4.14. The predicted octanol–water partition coefficient (Wildman–Crippen LogP) is 2.20. The van der Waals surface area contributed by atoms with E-state index in [0.29, 0.717) is 12.2 Å². The fourth-order valence-corrected chi connectivity index (χ4v) is 3.59. The second-order valence-electron chi connectivity index (χ2n) is 6.45. The first-order valence-corrected chi connectivity index (χ1v) is 8.72. The lowest BCUT2D eigenvalue weighted by molar-refractivity contribution is -0.910. The average molecular weight is 359 g/mol. The molecule has 0 aliphatic carbocycles. The molecule has 1 aliphatic rings. The van der Waals surface area contributed by atoms with Gasteiger partial charge in [-0.1, -0.05) is 6.07 Å². The van der Waals surface area contributed by atoms with Crippen LogP contribution in [0.25, 0.3) is 0 Å². The van der Waals surface area contributed by atoms with Crippen LogP contribution in [0.2, 0.25) is 0 Å². The number of halogens is 1. The molecule has 1 unspecified atom stereocenters. The standard InChI is InChI=1S/C20H23FN2O3/c1-25-16-8-9-19(26-2)17(12-16)18-7-4-10-23(18)13-20(24)22-15-6-3-5-14(21)11-15/h3,5-6,8-9,11-12,18H,4,7,10,13H2,1-2H3,(H,22,24)/p+1/t18-/m0/s1. The third-order valence-corrected chi connectivity index (χ3v) is 4.79. The predicted molar refractivity (Wildman–Crippen MR) is 97.2 cm³/mol. The smallest absolute Gasteiger partial charge is 0.279 e. The first kappa shape index (κ1) is 18.2. The minimum absolute atomic E-state index is 0.126. The summed E-state index contributed by atoms with van der Waals surface area (Å²) < 4.78 is 24.1. The van der Waals surface area contributed by atoms with Crippen molar-refractivity contribution in [1.82, 2.24) is 0 Å². The summed E-state index contributed by atoms with van der Waals surface area (Å²) in [7, 11) is 3.29. The normalized spacial score (nSPS) is 19.2. The number of amides is 1. The second-order valence-corrected chi connectivity index (χ2v) is 6.45. The van der Waals surface area contributed by atoms with Gasteiger partial charge in [0.2, 0.25) is 0 Å². The Morgan fingerprint density at radius 2 is 2.08 bits per heavy atom. The van der Waals surface area contributed by atoms with Crippen LogP contribution >= 0.6 is 0 Å². The number of carbonyl (C=O) groups is 1. The third-order valence-electron chi connectivity index (χ3n) is 4.79. The highest BCUT2D eigenvalue weighted by molar-refractivity contribution is 5.91. The molecule has 3 rings (SSSR count). The number of hydrogen-bond donors (Lipinski definition) is 2. The Bertz CT molecular complexity index is 781. The second kappa shape index (κ2) is 8.19. The molecule has 0 aromatic heterocycles. The van der Waals surface area contributed by atoms with Crippen LogP contribution in [0.5, 0.6) is 11.5 Å². The maximum atomic E-state index is 13.3. The highest BCUT2D eigenvalue weighted by Crippen LogP contribution is 2.31. The van der Waals surface area contributed by atoms with Crippen LogP contribution in [0, 0.1) is 5.82 Å². The van der Waals surface area contributed by atoms with Crippen LogP contribution in [0.3, 0.4) is 0 Å². The van der Waals surface area contributed by atoms with Gasteiger partial charge in [0.05, 0.1) is 26.3 Å². The molecule has 0 saturated carbocycles. The zero-order valence-electron chi connectivity index (χ0n) is 15.0. The van der Waals surface area contributed by atoms with Gasteiger partial charge in [-0.2, -0.15) is 0 Å². The topological polar surface area (TPSA) is 52.0 Å². The number of methoxy groups -OCH3 is 2. The lowest BCUT2D eigenvalue weighted by Crippen LogP contribution is -3.11. The molecule has 2 atom stereocenters. The molecule has 6 heteroatoms. The molecule has 1 fully saturated rings. The Morgan fingerprint density at radius 3 is 2.81 bits per heavy atom. The van der Waals surface area contributed by atoms with Gasteiger partial charge in [0.25, 0.3) is 5.91 Å². The van der Waals surface area contributed by atoms with E-state index >= 15 is 0 Å². The Kier molecular flexibility index (Phi) is 5.73. The molecule has 2 aromatic rings. The minimum Gasteiger partial charge on any atom is -0.497 e. The van der Waals surface area contributed by atoms with Gasteiger partial charge in [0.15, 0.2) is 6.54 Å². The van der Waals surface area contributed by atoms with E-state index in [2.05, 4.69) is 5.32 Å². The molecule has 1 aliphatic heterocycles. The van der Waals surface area contributed by atoms with Crippen LogP contribution in [-0.4, -0.2) is 33.2 Å². The Hall–Kier alpha value is -2.60. The van der Waals surface area contributed by atoms with E-state index in [0.717, 1.165) is 36.4 Å². The van der Waals surface area contributed by atoms with Gasteiger partial charge in [-0.25, -0.2) is 4.39 Å². The van der Waals surface area contributed by atoms with Crippen LogP contribution < -0.4 is 19.7 Å². The summed E-state index contributed by atoms with van der Waals surface area (Å²) in [6, 6.07) is 11.9. The summed E-state index contributed by atoms with van der Waals surface area (Å²) in [6.45, 7) is 1.23. The van der Waals surface area contributed by atoms with Gasteiger partial charge in [0, 0.05) is 18.5 Å². The molecular weight excluding hydrogens is 335 g/mol. The number of quaternary nitrogens is 1. The number of benzene rings is 2. The van der Waals surface area contributed by atoms with Crippen molar-refractivity contribution in [1.29, 1.82) is 0 Å². The molecule has 5 nitrogen and oxygen atoms in total. The molecule has 26 heavy (non-hydrogen) atoms. The van der Waals surface area contributed by atoms with E-state index in [1.165, 1.54) is 17.0 Å².